The minimum atomic E-state index is -0.422. The maximum atomic E-state index is 12.0. The largest absolute Gasteiger partial charge is 0.381 e. The van der Waals surface area contributed by atoms with Crippen LogP contribution in [0.1, 0.15) is 34.6 Å². The molecule has 0 aromatic heterocycles. The molecule has 14 heavy (non-hydrogen) atoms. The molecule has 0 fully saturated rings. The Hall–Kier alpha value is -0.570. The van der Waals surface area contributed by atoms with Crippen molar-refractivity contribution in [2.45, 2.75) is 40.7 Å². The molecule has 0 aromatic carbocycles. The molecule has 0 radical (unpaired) electrons. The van der Waals surface area contributed by atoms with Crippen LogP contribution >= 0.6 is 0 Å². The molecule has 0 N–H and O–H groups in total. The standard InChI is InChI=1S/C11H23NO2/c1-7-14-8-11(4,5)10(13)12(6)9(2)3/h9H,7-8H2,1-6H3. The second kappa shape index (κ2) is 5.35. The molecule has 84 valence electrons. The highest BCUT2D eigenvalue weighted by Gasteiger charge is 2.31. The summed E-state index contributed by atoms with van der Waals surface area (Å²) in [6, 6.07) is 0.239. The van der Waals surface area contributed by atoms with E-state index in [1.54, 1.807) is 4.90 Å². The zero-order valence-electron chi connectivity index (χ0n) is 10.3. The lowest BCUT2D eigenvalue weighted by molar-refractivity contribution is -0.143. The van der Waals surface area contributed by atoms with Crippen LogP contribution < -0.4 is 0 Å². The summed E-state index contributed by atoms with van der Waals surface area (Å²) in [5.41, 5.74) is -0.422. The van der Waals surface area contributed by atoms with Crippen molar-refractivity contribution in [1.82, 2.24) is 4.90 Å². The molecule has 0 saturated heterocycles. The second-order valence-corrected chi connectivity index (χ2v) is 4.53. The first-order valence-electron chi connectivity index (χ1n) is 5.18. The van der Waals surface area contributed by atoms with Crippen LogP contribution in [0.3, 0.4) is 0 Å². The number of carbonyl (C=O) groups excluding carboxylic acids is 1. The fourth-order valence-electron chi connectivity index (χ4n) is 1.13. The van der Waals surface area contributed by atoms with Crippen LogP contribution in [0.5, 0.6) is 0 Å². The van der Waals surface area contributed by atoms with Crippen molar-refractivity contribution in [1.29, 1.82) is 0 Å². The molecule has 0 saturated carbocycles. The van der Waals surface area contributed by atoms with Crippen LogP contribution in [0.15, 0.2) is 0 Å². The van der Waals surface area contributed by atoms with Gasteiger partial charge in [0.2, 0.25) is 5.91 Å². The maximum Gasteiger partial charge on any atom is 0.230 e. The van der Waals surface area contributed by atoms with Crippen molar-refractivity contribution in [2.75, 3.05) is 20.3 Å². The SMILES string of the molecule is CCOCC(C)(C)C(=O)N(C)C(C)C. The summed E-state index contributed by atoms with van der Waals surface area (Å²) in [4.78, 5) is 13.7. The van der Waals surface area contributed by atoms with Gasteiger partial charge in [-0.05, 0) is 34.6 Å². The highest BCUT2D eigenvalue weighted by molar-refractivity contribution is 5.82. The van der Waals surface area contributed by atoms with Crippen molar-refractivity contribution in [3.05, 3.63) is 0 Å². The lowest BCUT2D eigenvalue weighted by Gasteiger charge is -2.31. The molecule has 1 amide bonds. The van der Waals surface area contributed by atoms with Crippen molar-refractivity contribution in [2.24, 2.45) is 5.41 Å². The molecular formula is C11H23NO2. The van der Waals surface area contributed by atoms with Gasteiger partial charge in [0.05, 0.1) is 12.0 Å². The monoisotopic (exact) mass is 201 g/mol. The number of amides is 1. The van der Waals surface area contributed by atoms with Crippen molar-refractivity contribution in [3.63, 3.8) is 0 Å². The molecule has 0 spiro atoms. The minimum Gasteiger partial charge on any atom is -0.381 e. The van der Waals surface area contributed by atoms with Crippen LogP contribution in [0.2, 0.25) is 0 Å². The van der Waals surface area contributed by atoms with E-state index in [4.69, 9.17) is 4.74 Å². The van der Waals surface area contributed by atoms with Crippen molar-refractivity contribution in [3.8, 4) is 0 Å². The lowest BCUT2D eigenvalue weighted by atomic mass is 9.92. The van der Waals surface area contributed by atoms with Gasteiger partial charge in [0, 0.05) is 19.7 Å². The first kappa shape index (κ1) is 13.4. The van der Waals surface area contributed by atoms with E-state index in [1.807, 2.05) is 41.7 Å². The fourth-order valence-corrected chi connectivity index (χ4v) is 1.13. The van der Waals surface area contributed by atoms with Gasteiger partial charge in [0.25, 0.3) is 0 Å². The van der Waals surface area contributed by atoms with E-state index in [0.29, 0.717) is 13.2 Å². The summed E-state index contributed by atoms with van der Waals surface area (Å²) in [5, 5.41) is 0. The number of hydrogen-bond donors (Lipinski definition) is 0. The third-order valence-electron chi connectivity index (χ3n) is 2.34. The number of nitrogens with zero attached hydrogens (tertiary/aromatic N) is 1. The summed E-state index contributed by atoms with van der Waals surface area (Å²) >= 11 is 0. The van der Waals surface area contributed by atoms with Gasteiger partial charge in [0.1, 0.15) is 0 Å². The molecule has 3 nitrogen and oxygen atoms in total. The van der Waals surface area contributed by atoms with Crippen molar-refractivity contribution >= 4 is 5.91 Å². The van der Waals surface area contributed by atoms with Gasteiger partial charge in [-0.25, -0.2) is 0 Å². The summed E-state index contributed by atoms with van der Waals surface area (Å²) in [6.07, 6.45) is 0. The van der Waals surface area contributed by atoms with Crippen LogP contribution in [-0.4, -0.2) is 37.1 Å². The van der Waals surface area contributed by atoms with E-state index in [0.717, 1.165) is 0 Å². The van der Waals surface area contributed by atoms with Crippen LogP contribution in [0.4, 0.5) is 0 Å². The van der Waals surface area contributed by atoms with E-state index in [-0.39, 0.29) is 11.9 Å². The molecule has 0 bridgehead atoms. The van der Waals surface area contributed by atoms with Gasteiger partial charge in [-0.2, -0.15) is 0 Å². The predicted molar refractivity (Wildman–Crippen MR) is 58.2 cm³/mol. The molecule has 0 aliphatic rings. The van der Waals surface area contributed by atoms with Crippen molar-refractivity contribution < 1.29 is 9.53 Å². The molecule has 0 heterocycles. The molecule has 3 heteroatoms. The Bertz CT molecular complexity index is 188. The number of ether oxygens (including phenoxy) is 1. The molecule has 0 aromatic rings. The summed E-state index contributed by atoms with van der Waals surface area (Å²) in [7, 11) is 1.83. The Morgan fingerprint density at radius 2 is 1.93 bits per heavy atom. The highest BCUT2D eigenvalue weighted by atomic mass is 16.5. The smallest absolute Gasteiger partial charge is 0.230 e. The Balaban J connectivity index is 4.34. The molecular weight excluding hydrogens is 178 g/mol. The molecule has 0 aliphatic heterocycles. The van der Waals surface area contributed by atoms with Gasteiger partial charge < -0.3 is 9.64 Å². The number of carbonyl (C=O) groups is 1. The Morgan fingerprint density at radius 1 is 1.43 bits per heavy atom. The maximum absolute atomic E-state index is 12.0. The van der Waals surface area contributed by atoms with Gasteiger partial charge >= 0.3 is 0 Å². The van der Waals surface area contributed by atoms with E-state index < -0.39 is 5.41 Å². The molecule has 0 rings (SSSR count). The quantitative estimate of drug-likeness (QED) is 0.680. The van der Waals surface area contributed by atoms with Gasteiger partial charge in [0.15, 0.2) is 0 Å². The second-order valence-electron chi connectivity index (χ2n) is 4.53. The third kappa shape index (κ3) is 3.66. The topological polar surface area (TPSA) is 29.5 Å². The summed E-state index contributed by atoms with van der Waals surface area (Å²) in [5.74, 6) is 0.140. The predicted octanol–water partition coefficient (Wildman–Crippen LogP) is 1.92. The van der Waals surface area contributed by atoms with E-state index in [9.17, 15) is 4.79 Å². The van der Waals surface area contributed by atoms with Gasteiger partial charge in [-0.1, -0.05) is 0 Å². The first-order chi connectivity index (χ1) is 6.33. The third-order valence-corrected chi connectivity index (χ3v) is 2.34. The zero-order chi connectivity index (χ0) is 11.4. The average molecular weight is 201 g/mol. The fraction of sp³-hybridized carbons (Fsp3) is 0.909. The van der Waals surface area contributed by atoms with Crippen LogP contribution in [-0.2, 0) is 9.53 Å². The van der Waals surface area contributed by atoms with E-state index in [1.165, 1.54) is 0 Å². The highest BCUT2D eigenvalue weighted by Crippen LogP contribution is 2.19. The Labute approximate surface area is 87.4 Å². The van der Waals surface area contributed by atoms with E-state index >= 15 is 0 Å². The summed E-state index contributed by atoms with van der Waals surface area (Å²) in [6.45, 7) is 10.9. The Kier molecular flexibility index (Phi) is 5.13. The number of hydrogen-bond acceptors (Lipinski definition) is 2. The molecule has 0 atom stereocenters. The zero-order valence-corrected chi connectivity index (χ0v) is 10.3. The Morgan fingerprint density at radius 3 is 2.29 bits per heavy atom. The average Bonchev–Trinajstić information content (AvgIpc) is 2.12. The lowest BCUT2D eigenvalue weighted by Crippen LogP contribution is -2.44. The van der Waals surface area contributed by atoms with Gasteiger partial charge in [-0.15, -0.1) is 0 Å². The summed E-state index contributed by atoms with van der Waals surface area (Å²) < 4.78 is 5.30. The van der Waals surface area contributed by atoms with E-state index in [2.05, 4.69) is 0 Å². The van der Waals surface area contributed by atoms with Gasteiger partial charge in [-0.3, -0.25) is 4.79 Å². The minimum absolute atomic E-state index is 0.140. The normalized spacial score (nSPS) is 11.9. The first-order valence-corrected chi connectivity index (χ1v) is 5.18. The number of rotatable bonds is 5. The molecule has 0 unspecified atom stereocenters. The van der Waals surface area contributed by atoms with Crippen LogP contribution in [0, 0.1) is 5.41 Å². The van der Waals surface area contributed by atoms with Crippen LogP contribution in [0.25, 0.3) is 0 Å². The molecule has 0 aliphatic carbocycles.